The van der Waals surface area contributed by atoms with Crippen LogP contribution in [-0.2, 0) is 6.54 Å². The molecule has 1 spiro atoms. The largest absolute Gasteiger partial charge is 0.373 e. The standard InChI is InChI=1S/C24H26FN5/c1-17(30-14-24(15-30)9-3-10-24)13-29-16-28-22(18-4-6-20(25)7-5-18)23(29)19-8-11-27-21(12-19)26-2/h4-8,11-12,16H,1,3,9-10,13-15H2,2H3,(H,26,27). The average Bonchev–Trinajstić information content (AvgIpc) is 3.10. The third-order valence-electron chi connectivity index (χ3n) is 6.51. The fourth-order valence-corrected chi connectivity index (χ4v) is 4.62. The van der Waals surface area contributed by atoms with Crippen LogP contribution in [0, 0.1) is 11.2 Å². The third kappa shape index (κ3) is 3.26. The van der Waals surface area contributed by atoms with Gasteiger partial charge in [-0.15, -0.1) is 0 Å². The number of anilines is 1. The Labute approximate surface area is 176 Å². The number of nitrogens with zero attached hydrogens (tertiary/aromatic N) is 4. The zero-order valence-corrected chi connectivity index (χ0v) is 17.2. The Kier molecular flexibility index (Phi) is 4.57. The highest BCUT2D eigenvalue weighted by Crippen LogP contribution is 2.49. The maximum Gasteiger partial charge on any atom is 0.126 e. The quantitative estimate of drug-likeness (QED) is 0.643. The lowest BCUT2D eigenvalue weighted by Gasteiger charge is -2.57. The zero-order chi connectivity index (χ0) is 20.7. The molecule has 0 bridgehead atoms. The lowest BCUT2D eigenvalue weighted by Crippen LogP contribution is -2.59. The number of benzene rings is 1. The Morgan fingerprint density at radius 3 is 2.57 bits per heavy atom. The number of aromatic nitrogens is 3. The smallest absolute Gasteiger partial charge is 0.126 e. The van der Waals surface area contributed by atoms with E-state index in [9.17, 15) is 4.39 Å². The fourth-order valence-electron chi connectivity index (χ4n) is 4.62. The van der Waals surface area contributed by atoms with Gasteiger partial charge in [0.15, 0.2) is 0 Å². The molecular weight excluding hydrogens is 377 g/mol. The van der Waals surface area contributed by atoms with Crippen molar-refractivity contribution in [1.82, 2.24) is 19.4 Å². The van der Waals surface area contributed by atoms with E-state index < -0.39 is 0 Å². The molecule has 3 heterocycles. The number of allylic oxidation sites excluding steroid dienone is 1. The van der Waals surface area contributed by atoms with E-state index in [1.54, 1.807) is 18.3 Å². The number of nitrogens with one attached hydrogen (secondary N) is 1. The molecule has 0 amide bonds. The molecule has 2 aromatic heterocycles. The summed E-state index contributed by atoms with van der Waals surface area (Å²) in [6, 6.07) is 10.5. The lowest BCUT2D eigenvalue weighted by atomic mass is 9.63. The summed E-state index contributed by atoms with van der Waals surface area (Å²) < 4.78 is 15.6. The SMILES string of the molecule is C=C(Cn1cnc(-c2ccc(F)cc2)c1-c1ccnc(NC)c1)N1CC2(CCC2)C1. The molecule has 1 saturated carbocycles. The molecule has 0 radical (unpaired) electrons. The first-order chi connectivity index (χ1) is 14.6. The second kappa shape index (κ2) is 7.27. The van der Waals surface area contributed by atoms with Gasteiger partial charge in [-0.3, -0.25) is 0 Å². The monoisotopic (exact) mass is 403 g/mol. The molecule has 30 heavy (non-hydrogen) atoms. The molecule has 1 N–H and O–H groups in total. The van der Waals surface area contributed by atoms with Crippen LogP contribution in [0.4, 0.5) is 10.2 Å². The van der Waals surface area contributed by atoms with Gasteiger partial charge >= 0.3 is 0 Å². The Morgan fingerprint density at radius 2 is 1.90 bits per heavy atom. The predicted octanol–water partition coefficient (Wildman–Crippen LogP) is 4.79. The Morgan fingerprint density at radius 1 is 1.13 bits per heavy atom. The summed E-state index contributed by atoms with van der Waals surface area (Å²) in [6.07, 6.45) is 7.72. The minimum Gasteiger partial charge on any atom is -0.373 e. The van der Waals surface area contributed by atoms with Gasteiger partial charge in [0.1, 0.15) is 11.6 Å². The van der Waals surface area contributed by atoms with Gasteiger partial charge in [-0.25, -0.2) is 14.4 Å². The van der Waals surface area contributed by atoms with Crippen molar-refractivity contribution in [2.24, 2.45) is 5.41 Å². The van der Waals surface area contributed by atoms with Crippen LogP contribution in [0.5, 0.6) is 0 Å². The van der Waals surface area contributed by atoms with Crippen molar-refractivity contribution in [3.05, 3.63) is 67.0 Å². The van der Waals surface area contributed by atoms with Gasteiger partial charge < -0.3 is 14.8 Å². The van der Waals surface area contributed by atoms with Crippen LogP contribution in [0.25, 0.3) is 22.5 Å². The van der Waals surface area contributed by atoms with E-state index in [1.807, 2.05) is 25.5 Å². The summed E-state index contributed by atoms with van der Waals surface area (Å²) in [5.74, 6) is 0.538. The van der Waals surface area contributed by atoms with Crippen LogP contribution >= 0.6 is 0 Å². The molecule has 2 aliphatic rings. The highest BCUT2D eigenvalue weighted by Gasteiger charge is 2.47. The maximum absolute atomic E-state index is 13.5. The Bertz CT molecular complexity index is 1070. The van der Waals surface area contributed by atoms with Gasteiger partial charge in [0.2, 0.25) is 0 Å². The predicted molar refractivity (Wildman–Crippen MR) is 117 cm³/mol. The van der Waals surface area contributed by atoms with E-state index in [2.05, 4.69) is 26.3 Å². The number of pyridine rings is 1. The van der Waals surface area contributed by atoms with Crippen molar-refractivity contribution in [1.29, 1.82) is 0 Å². The average molecular weight is 404 g/mol. The molecule has 3 aromatic rings. The molecule has 1 aromatic carbocycles. The van der Waals surface area contributed by atoms with Crippen molar-refractivity contribution in [3.63, 3.8) is 0 Å². The second-order valence-corrected chi connectivity index (χ2v) is 8.53. The van der Waals surface area contributed by atoms with Crippen LogP contribution in [0.1, 0.15) is 19.3 Å². The van der Waals surface area contributed by atoms with Crippen LogP contribution in [0.15, 0.2) is 61.2 Å². The summed E-state index contributed by atoms with van der Waals surface area (Å²) in [4.78, 5) is 11.4. The summed E-state index contributed by atoms with van der Waals surface area (Å²) >= 11 is 0. The minimum absolute atomic E-state index is 0.253. The summed E-state index contributed by atoms with van der Waals surface area (Å²) in [5, 5.41) is 3.10. The summed E-state index contributed by atoms with van der Waals surface area (Å²) in [5.41, 5.74) is 5.39. The van der Waals surface area contributed by atoms with E-state index in [4.69, 9.17) is 4.98 Å². The maximum atomic E-state index is 13.5. The Hall–Kier alpha value is -3.15. The molecule has 154 valence electrons. The zero-order valence-electron chi connectivity index (χ0n) is 17.2. The number of hydrogen-bond acceptors (Lipinski definition) is 4. The van der Waals surface area contributed by atoms with Gasteiger partial charge in [0.05, 0.1) is 24.3 Å². The molecule has 0 unspecified atom stereocenters. The lowest BCUT2D eigenvalue weighted by molar-refractivity contribution is -0.0406. The molecular formula is C24H26FN5. The van der Waals surface area contributed by atoms with Crippen molar-refractivity contribution in [2.45, 2.75) is 25.8 Å². The summed E-state index contributed by atoms with van der Waals surface area (Å²) in [7, 11) is 1.85. The molecule has 1 aliphatic heterocycles. The van der Waals surface area contributed by atoms with E-state index in [1.165, 1.54) is 31.4 Å². The molecule has 5 nitrogen and oxygen atoms in total. The number of halogens is 1. The third-order valence-corrected chi connectivity index (χ3v) is 6.51. The van der Waals surface area contributed by atoms with Gasteiger partial charge in [-0.2, -0.15) is 0 Å². The normalized spacial score (nSPS) is 16.8. The van der Waals surface area contributed by atoms with E-state index in [-0.39, 0.29) is 5.82 Å². The van der Waals surface area contributed by atoms with Crippen LogP contribution in [-0.4, -0.2) is 39.6 Å². The van der Waals surface area contributed by atoms with Crippen LogP contribution in [0.3, 0.4) is 0 Å². The Balaban J connectivity index is 1.48. The number of imidazole rings is 1. The van der Waals surface area contributed by atoms with Crippen molar-refractivity contribution in [3.8, 4) is 22.5 Å². The first-order valence-corrected chi connectivity index (χ1v) is 10.4. The van der Waals surface area contributed by atoms with Gasteiger partial charge in [-0.1, -0.05) is 13.0 Å². The van der Waals surface area contributed by atoms with Crippen molar-refractivity contribution < 1.29 is 4.39 Å². The molecule has 1 saturated heterocycles. The molecule has 0 atom stereocenters. The van der Waals surface area contributed by atoms with Crippen LogP contribution in [0.2, 0.25) is 0 Å². The number of likely N-dealkylation sites (tertiary alicyclic amines) is 1. The number of hydrogen-bond donors (Lipinski definition) is 1. The first-order valence-electron chi connectivity index (χ1n) is 10.4. The molecule has 6 heteroatoms. The fraction of sp³-hybridized carbons (Fsp3) is 0.333. The van der Waals surface area contributed by atoms with Gasteiger partial charge in [-0.05, 0) is 49.2 Å². The van der Waals surface area contributed by atoms with Crippen molar-refractivity contribution >= 4 is 5.82 Å². The second-order valence-electron chi connectivity index (χ2n) is 8.53. The van der Waals surface area contributed by atoms with Gasteiger partial charge in [0.25, 0.3) is 0 Å². The van der Waals surface area contributed by atoms with E-state index in [0.29, 0.717) is 12.0 Å². The van der Waals surface area contributed by atoms with Crippen LogP contribution < -0.4 is 5.32 Å². The highest BCUT2D eigenvalue weighted by molar-refractivity contribution is 5.79. The highest BCUT2D eigenvalue weighted by atomic mass is 19.1. The molecule has 2 fully saturated rings. The summed E-state index contributed by atoms with van der Waals surface area (Å²) in [6.45, 7) is 7.29. The number of rotatable bonds is 6. The van der Waals surface area contributed by atoms with Crippen molar-refractivity contribution in [2.75, 3.05) is 25.5 Å². The van der Waals surface area contributed by atoms with E-state index in [0.717, 1.165) is 47.1 Å². The topological polar surface area (TPSA) is 46.0 Å². The molecule has 1 aliphatic carbocycles. The molecule has 5 rings (SSSR count). The first kappa shape index (κ1) is 18.9. The van der Waals surface area contributed by atoms with E-state index >= 15 is 0 Å². The minimum atomic E-state index is -0.253. The van der Waals surface area contributed by atoms with Gasteiger partial charge in [0, 0.05) is 48.6 Å².